The van der Waals surface area contributed by atoms with Crippen LogP contribution in [0.2, 0.25) is 0 Å². The Bertz CT molecular complexity index is 373. The van der Waals surface area contributed by atoms with Crippen LogP contribution >= 0.6 is 0 Å². The van der Waals surface area contributed by atoms with Gasteiger partial charge in [-0.15, -0.1) is 0 Å². The Kier molecular flexibility index (Phi) is 4.58. The number of amides is 1. The van der Waals surface area contributed by atoms with E-state index in [1.54, 1.807) is 0 Å². The Labute approximate surface area is 129 Å². The van der Waals surface area contributed by atoms with Crippen molar-refractivity contribution in [2.45, 2.75) is 71.3 Å². The van der Waals surface area contributed by atoms with Crippen LogP contribution in [-0.4, -0.2) is 36.5 Å². The third-order valence-electron chi connectivity index (χ3n) is 6.27. The molecule has 2 aliphatic heterocycles. The average Bonchev–Trinajstić information content (AvgIpc) is 2.96. The molecule has 1 saturated carbocycles. The highest BCUT2D eigenvalue weighted by molar-refractivity contribution is 5.80. The zero-order chi connectivity index (χ0) is 14.9. The van der Waals surface area contributed by atoms with E-state index >= 15 is 0 Å². The second-order valence-electron chi connectivity index (χ2n) is 8.13. The highest BCUT2D eigenvalue weighted by atomic mass is 16.2. The molecule has 21 heavy (non-hydrogen) atoms. The predicted molar refractivity (Wildman–Crippen MR) is 86.1 cm³/mol. The number of nitrogens with one attached hydrogen (secondary N) is 1. The van der Waals surface area contributed by atoms with Crippen LogP contribution in [0.15, 0.2) is 0 Å². The summed E-state index contributed by atoms with van der Waals surface area (Å²) in [6.45, 7) is 7.89. The molecule has 2 saturated heterocycles. The molecule has 0 radical (unpaired) electrons. The SMILES string of the molecule is CC1(C)CCCCC1C(=O)N1CCCC1C1CCCNC1. The lowest BCUT2D eigenvalue weighted by Crippen LogP contribution is -2.50. The molecular formula is C18H32N2O. The number of rotatable bonds is 2. The molecule has 0 spiro atoms. The van der Waals surface area contributed by atoms with Crippen LogP contribution in [0.3, 0.4) is 0 Å². The van der Waals surface area contributed by atoms with Gasteiger partial charge in [0, 0.05) is 18.5 Å². The molecule has 3 fully saturated rings. The van der Waals surface area contributed by atoms with Gasteiger partial charge in [0.1, 0.15) is 0 Å². The molecule has 1 N–H and O–H groups in total. The minimum atomic E-state index is 0.202. The van der Waals surface area contributed by atoms with Gasteiger partial charge in [-0.25, -0.2) is 0 Å². The summed E-state index contributed by atoms with van der Waals surface area (Å²) in [4.78, 5) is 15.5. The Balaban J connectivity index is 1.70. The molecule has 3 atom stereocenters. The van der Waals surface area contributed by atoms with Crippen LogP contribution in [0.25, 0.3) is 0 Å². The smallest absolute Gasteiger partial charge is 0.226 e. The van der Waals surface area contributed by atoms with Gasteiger partial charge >= 0.3 is 0 Å². The summed E-state index contributed by atoms with van der Waals surface area (Å²) in [5.74, 6) is 1.44. The number of hydrogen-bond acceptors (Lipinski definition) is 2. The van der Waals surface area contributed by atoms with E-state index in [9.17, 15) is 4.79 Å². The largest absolute Gasteiger partial charge is 0.339 e. The van der Waals surface area contributed by atoms with E-state index in [0.29, 0.717) is 17.9 Å². The highest BCUT2D eigenvalue weighted by Crippen LogP contribution is 2.43. The van der Waals surface area contributed by atoms with Gasteiger partial charge in [0.15, 0.2) is 0 Å². The van der Waals surface area contributed by atoms with E-state index in [1.165, 1.54) is 44.9 Å². The summed E-state index contributed by atoms with van der Waals surface area (Å²) >= 11 is 0. The van der Waals surface area contributed by atoms with Crippen LogP contribution in [0, 0.1) is 17.3 Å². The highest BCUT2D eigenvalue weighted by Gasteiger charge is 2.43. The van der Waals surface area contributed by atoms with Gasteiger partial charge in [-0.3, -0.25) is 4.79 Å². The van der Waals surface area contributed by atoms with Crippen molar-refractivity contribution < 1.29 is 4.79 Å². The normalized spacial score (nSPS) is 36.7. The summed E-state index contributed by atoms with van der Waals surface area (Å²) in [5, 5.41) is 3.53. The molecule has 0 aromatic carbocycles. The predicted octanol–water partition coefficient (Wildman–Crippen LogP) is 3.19. The van der Waals surface area contributed by atoms with E-state index in [1.807, 2.05) is 0 Å². The minimum Gasteiger partial charge on any atom is -0.339 e. The van der Waals surface area contributed by atoms with Gasteiger partial charge in [-0.05, 0) is 62.9 Å². The van der Waals surface area contributed by atoms with Crippen LogP contribution in [0.4, 0.5) is 0 Å². The molecule has 0 aromatic rings. The van der Waals surface area contributed by atoms with Crippen molar-refractivity contribution in [1.29, 1.82) is 0 Å². The van der Waals surface area contributed by atoms with Crippen molar-refractivity contribution in [3.05, 3.63) is 0 Å². The van der Waals surface area contributed by atoms with Crippen LogP contribution in [0.5, 0.6) is 0 Å². The fraction of sp³-hybridized carbons (Fsp3) is 0.944. The van der Waals surface area contributed by atoms with Gasteiger partial charge in [0.2, 0.25) is 5.91 Å². The standard InChI is InChI=1S/C18H32N2O/c1-18(2)10-4-3-8-15(18)17(21)20-12-6-9-16(20)14-7-5-11-19-13-14/h14-16,19H,3-13H2,1-2H3. The lowest BCUT2D eigenvalue weighted by atomic mass is 9.68. The Morgan fingerprint density at radius 2 is 1.95 bits per heavy atom. The number of piperidine rings is 1. The van der Waals surface area contributed by atoms with Crippen molar-refractivity contribution in [3.63, 3.8) is 0 Å². The third kappa shape index (κ3) is 3.13. The second kappa shape index (κ2) is 6.28. The van der Waals surface area contributed by atoms with Crippen molar-refractivity contribution in [2.24, 2.45) is 17.3 Å². The van der Waals surface area contributed by atoms with Gasteiger partial charge in [0.05, 0.1) is 0 Å². The Hall–Kier alpha value is -0.570. The fourth-order valence-electron chi connectivity index (χ4n) is 4.92. The summed E-state index contributed by atoms with van der Waals surface area (Å²) in [5.41, 5.74) is 0.202. The van der Waals surface area contributed by atoms with Crippen LogP contribution in [0.1, 0.15) is 65.2 Å². The lowest BCUT2D eigenvalue weighted by molar-refractivity contribution is -0.143. The van der Waals surface area contributed by atoms with E-state index < -0.39 is 0 Å². The first-order chi connectivity index (χ1) is 10.1. The maximum Gasteiger partial charge on any atom is 0.226 e. The fourth-order valence-corrected chi connectivity index (χ4v) is 4.92. The molecule has 3 aliphatic rings. The van der Waals surface area contributed by atoms with E-state index in [-0.39, 0.29) is 11.3 Å². The van der Waals surface area contributed by atoms with Gasteiger partial charge in [0.25, 0.3) is 0 Å². The number of likely N-dealkylation sites (tertiary alicyclic amines) is 1. The van der Waals surface area contributed by atoms with E-state index in [0.717, 1.165) is 26.1 Å². The van der Waals surface area contributed by atoms with E-state index in [4.69, 9.17) is 0 Å². The van der Waals surface area contributed by atoms with E-state index in [2.05, 4.69) is 24.1 Å². The molecule has 0 aromatic heterocycles. The maximum atomic E-state index is 13.2. The monoisotopic (exact) mass is 292 g/mol. The topological polar surface area (TPSA) is 32.3 Å². The molecular weight excluding hydrogens is 260 g/mol. The zero-order valence-electron chi connectivity index (χ0n) is 13.9. The first kappa shape index (κ1) is 15.3. The molecule has 1 amide bonds. The number of nitrogens with zero attached hydrogens (tertiary/aromatic N) is 1. The molecule has 1 aliphatic carbocycles. The van der Waals surface area contributed by atoms with Crippen LogP contribution < -0.4 is 5.32 Å². The van der Waals surface area contributed by atoms with Gasteiger partial charge in [-0.2, -0.15) is 0 Å². The van der Waals surface area contributed by atoms with Crippen LogP contribution in [-0.2, 0) is 4.79 Å². The lowest BCUT2D eigenvalue weighted by Gasteiger charge is -2.42. The molecule has 120 valence electrons. The Morgan fingerprint density at radius 1 is 1.10 bits per heavy atom. The molecule has 3 rings (SSSR count). The summed E-state index contributed by atoms with van der Waals surface area (Å²) in [7, 11) is 0. The summed E-state index contributed by atoms with van der Waals surface area (Å²) < 4.78 is 0. The van der Waals surface area contributed by atoms with Crippen molar-refractivity contribution in [2.75, 3.05) is 19.6 Å². The zero-order valence-corrected chi connectivity index (χ0v) is 13.9. The Morgan fingerprint density at radius 3 is 2.67 bits per heavy atom. The molecule has 3 heteroatoms. The molecule has 0 bridgehead atoms. The molecule has 3 unspecified atom stereocenters. The first-order valence-electron chi connectivity index (χ1n) is 9.11. The first-order valence-corrected chi connectivity index (χ1v) is 9.11. The van der Waals surface area contributed by atoms with Crippen molar-refractivity contribution >= 4 is 5.91 Å². The summed E-state index contributed by atoms with van der Waals surface area (Å²) in [6, 6.07) is 0.517. The van der Waals surface area contributed by atoms with Crippen molar-refractivity contribution in [3.8, 4) is 0 Å². The number of hydrogen-bond donors (Lipinski definition) is 1. The van der Waals surface area contributed by atoms with Gasteiger partial charge in [-0.1, -0.05) is 26.7 Å². The average molecular weight is 292 g/mol. The quantitative estimate of drug-likeness (QED) is 0.847. The molecule has 3 nitrogen and oxygen atoms in total. The van der Waals surface area contributed by atoms with Crippen molar-refractivity contribution in [1.82, 2.24) is 10.2 Å². The molecule has 2 heterocycles. The number of carbonyl (C=O) groups is 1. The second-order valence-corrected chi connectivity index (χ2v) is 8.13. The minimum absolute atomic E-state index is 0.202. The number of carbonyl (C=O) groups excluding carboxylic acids is 1. The maximum absolute atomic E-state index is 13.2. The summed E-state index contributed by atoms with van der Waals surface area (Å²) in [6.07, 6.45) is 9.87. The van der Waals surface area contributed by atoms with Gasteiger partial charge < -0.3 is 10.2 Å². The third-order valence-corrected chi connectivity index (χ3v) is 6.27.